The number of aliphatic carboxylic acids is 1. The lowest BCUT2D eigenvalue weighted by atomic mass is 10.1. The normalized spacial score (nSPS) is 17.0. The minimum Gasteiger partial charge on any atom is -0.490 e. The van der Waals surface area contributed by atoms with Crippen LogP contribution in [-0.2, 0) is 9.59 Å². The number of amidine groups is 1. The van der Waals surface area contributed by atoms with Crippen molar-refractivity contribution in [3.63, 3.8) is 0 Å². The van der Waals surface area contributed by atoms with E-state index in [9.17, 15) is 9.59 Å². The Balaban J connectivity index is 1.84. The Morgan fingerprint density at radius 2 is 2.00 bits per heavy atom. The van der Waals surface area contributed by atoms with E-state index < -0.39 is 12.1 Å². The number of nitrogens with one attached hydrogen (secondary N) is 1. The Bertz CT molecular complexity index is 1080. The number of hydrogen-bond acceptors (Lipinski definition) is 6. The fourth-order valence-corrected chi connectivity index (χ4v) is 3.64. The molecule has 0 bridgehead atoms. The quantitative estimate of drug-likeness (QED) is 0.618. The van der Waals surface area contributed by atoms with E-state index >= 15 is 0 Å². The average molecular weight is 441 g/mol. The molecule has 8 heteroatoms. The number of aryl methyl sites for hydroxylation is 2. The van der Waals surface area contributed by atoms with Gasteiger partial charge in [-0.15, -0.1) is 0 Å². The first kappa shape index (κ1) is 22.4. The number of carbonyl (C=O) groups excluding carboxylic acids is 1. The van der Waals surface area contributed by atoms with Crippen LogP contribution >= 0.6 is 11.8 Å². The molecule has 2 N–H and O–H groups in total. The van der Waals surface area contributed by atoms with Gasteiger partial charge >= 0.3 is 5.97 Å². The highest BCUT2D eigenvalue weighted by atomic mass is 32.2. The summed E-state index contributed by atoms with van der Waals surface area (Å²) < 4.78 is 11.1. The molecule has 0 saturated carbocycles. The topological polar surface area (TPSA) is 97.2 Å². The second kappa shape index (κ2) is 9.70. The zero-order valence-corrected chi connectivity index (χ0v) is 18.6. The van der Waals surface area contributed by atoms with E-state index in [4.69, 9.17) is 14.6 Å². The van der Waals surface area contributed by atoms with Crippen LogP contribution in [0.1, 0.15) is 30.5 Å². The number of hydrogen-bond donors (Lipinski definition) is 2. The van der Waals surface area contributed by atoms with Crippen molar-refractivity contribution < 1.29 is 24.2 Å². The molecule has 1 amide bonds. The van der Waals surface area contributed by atoms with Crippen molar-refractivity contribution in [2.24, 2.45) is 4.99 Å². The van der Waals surface area contributed by atoms with Crippen LogP contribution in [0.15, 0.2) is 46.3 Å². The van der Waals surface area contributed by atoms with Crippen LogP contribution in [-0.4, -0.2) is 34.9 Å². The first-order valence-electron chi connectivity index (χ1n) is 9.80. The minimum atomic E-state index is -1.07. The van der Waals surface area contributed by atoms with Crippen molar-refractivity contribution in [2.45, 2.75) is 33.8 Å². The number of carboxylic acid groups (broad SMARTS) is 1. The zero-order chi connectivity index (χ0) is 22.5. The molecule has 1 aliphatic heterocycles. The summed E-state index contributed by atoms with van der Waals surface area (Å²) in [5.74, 6) is -0.549. The molecule has 1 heterocycles. The van der Waals surface area contributed by atoms with Crippen molar-refractivity contribution in [2.75, 3.05) is 6.61 Å². The van der Waals surface area contributed by atoms with Crippen molar-refractivity contribution in [3.05, 3.63) is 58.0 Å². The van der Waals surface area contributed by atoms with Crippen LogP contribution < -0.4 is 14.8 Å². The lowest BCUT2D eigenvalue weighted by molar-refractivity contribution is -0.144. The van der Waals surface area contributed by atoms with Gasteiger partial charge in [-0.3, -0.25) is 4.79 Å². The van der Waals surface area contributed by atoms with Gasteiger partial charge in [0.2, 0.25) is 0 Å². The van der Waals surface area contributed by atoms with Gasteiger partial charge in [0.15, 0.2) is 22.8 Å². The highest BCUT2D eigenvalue weighted by molar-refractivity contribution is 8.18. The lowest BCUT2D eigenvalue weighted by Crippen LogP contribution is -2.23. The fourth-order valence-electron chi connectivity index (χ4n) is 2.80. The van der Waals surface area contributed by atoms with E-state index in [1.165, 1.54) is 18.7 Å². The second-order valence-corrected chi connectivity index (χ2v) is 8.04. The maximum atomic E-state index is 12.4. The molecule has 1 aliphatic rings. The Morgan fingerprint density at radius 1 is 1.23 bits per heavy atom. The highest BCUT2D eigenvalue weighted by Crippen LogP contribution is 2.33. The number of rotatable bonds is 7. The molecule has 1 atom stereocenters. The molecule has 0 radical (unpaired) electrons. The smallest absolute Gasteiger partial charge is 0.344 e. The third-order valence-corrected chi connectivity index (χ3v) is 5.36. The standard InChI is InChI=1S/C23H24N2O5S/c1-5-29-19-11-16(8-9-18(19)30-15(4)22(27)28)12-20-21(26)25-23(31-20)24-17-10-13(2)6-7-14(17)3/h6-12,15H,5H2,1-4H3,(H,27,28)(H,24,25,26)/b20-12+. The van der Waals surface area contributed by atoms with Crippen molar-refractivity contribution >= 4 is 40.6 Å². The average Bonchev–Trinajstić information content (AvgIpc) is 3.05. The monoisotopic (exact) mass is 440 g/mol. The SMILES string of the molecule is CCOc1cc(/C=C2/SC(=Nc3cc(C)ccc3C)NC2=O)ccc1OC(C)C(=O)O. The molecule has 0 aliphatic carbocycles. The van der Waals surface area contributed by atoms with E-state index in [1.807, 2.05) is 39.0 Å². The summed E-state index contributed by atoms with van der Waals surface area (Å²) in [4.78, 5) is 28.6. The first-order chi connectivity index (χ1) is 14.8. The van der Waals surface area contributed by atoms with Gasteiger partial charge < -0.3 is 19.9 Å². The molecule has 1 saturated heterocycles. The second-order valence-electron chi connectivity index (χ2n) is 7.01. The number of aliphatic imine (C=N–C) groups is 1. The molecule has 162 valence electrons. The number of amides is 1. The summed E-state index contributed by atoms with van der Waals surface area (Å²) in [5, 5.41) is 12.4. The van der Waals surface area contributed by atoms with E-state index in [-0.39, 0.29) is 5.91 Å². The van der Waals surface area contributed by atoms with E-state index in [2.05, 4.69) is 10.3 Å². The third-order valence-electron chi connectivity index (χ3n) is 4.45. The largest absolute Gasteiger partial charge is 0.490 e. The van der Waals surface area contributed by atoms with Gasteiger partial charge in [0.05, 0.1) is 17.2 Å². The molecule has 31 heavy (non-hydrogen) atoms. The van der Waals surface area contributed by atoms with Gasteiger partial charge in [0.25, 0.3) is 5.91 Å². The van der Waals surface area contributed by atoms with Crippen LogP contribution in [0.25, 0.3) is 6.08 Å². The summed E-state index contributed by atoms with van der Waals surface area (Å²) in [6, 6.07) is 11.1. The van der Waals surface area contributed by atoms with Crippen LogP contribution in [0.2, 0.25) is 0 Å². The Kier molecular flexibility index (Phi) is 7.02. The number of carboxylic acids is 1. The van der Waals surface area contributed by atoms with Gasteiger partial charge in [0, 0.05) is 0 Å². The molecule has 2 aromatic carbocycles. The molecule has 0 aromatic heterocycles. The molecule has 1 unspecified atom stereocenters. The number of carbonyl (C=O) groups is 2. The van der Waals surface area contributed by atoms with Crippen LogP contribution in [0.5, 0.6) is 11.5 Å². The van der Waals surface area contributed by atoms with Crippen LogP contribution in [0, 0.1) is 13.8 Å². The molecule has 2 aromatic rings. The summed E-state index contributed by atoms with van der Waals surface area (Å²) in [5.41, 5.74) is 3.66. The number of thioether (sulfide) groups is 1. The number of ether oxygens (including phenoxy) is 2. The van der Waals surface area contributed by atoms with Gasteiger partial charge in [0.1, 0.15) is 0 Å². The molecular formula is C23H24N2O5S. The first-order valence-corrected chi connectivity index (χ1v) is 10.6. The predicted molar refractivity (Wildman–Crippen MR) is 122 cm³/mol. The highest BCUT2D eigenvalue weighted by Gasteiger charge is 2.24. The molecule has 3 rings (SSSR count). The maximum Gasteiger partial charge on any atom is 0.344 e. The molecule has 0 spiro atoms. The lowest BCUT2D eigenvalue weighted by Gasteiger charge is -2.15. The van der Waals surface area contributed by atoms with Gasteiger partial charge in [-0.25, -0.2) is 9.79 Å². The summed E-state index contributed by atoms with van der Waals surface area (Å²) in [7, 11) is 0. The Morgan fingerprint density at radius 3 is 2.71 bits per heavy atom. The van der Waals surface area contributed by atoms with Gasteiger partial charge in [-0.05, 0) is 80.4 Å². The van der Waals surface area contributed by atoms with E-state index in [0.717, 1.165) is 22.4 Å². The predicted octanol–water partition coefficient (Wildman–Crippen LogP) is 4.45. The fraction of sp³-hybridized carbons (Fsp3) is 0.261. The Labute approximate surface area is 185 Å². The third kappa shape index (κ3) is 5.67. The minimum absolute atomic E-state index is 0.230. The Hall–Kier alpha value is -3.26. The summed E-state index contributed by atoms with van der Waals surface area (Å²) >= 11 is 1.26. The van der Waals surface area contributed by atoms with Crippen LogP contribution in [0.4, 0.5) is 5.69 Å². The maximum absolute atomic E-state index is 12.4. The van der Waals surface area contributed by atoms with Gasteiger partial charge in [-0.2, -0.15) is 0 Å². The molecular weight excluding hydrogens is 416 g/mol. The number of nitrogens with zero attached hydrogens (tertiary/aromatic N) is 1. The van der Waals surface area contributed by atoms with Gasteiger partial charge in [-0.1, -0.05) is 18.2 Å². The van der Waals surface area contributed by atoms with E-state index in [0.29, 0.717) is 28.2 Å². The van der Waals surface area contributed by atoms with E-state index in [1.54, 1.807) is 24.3 Å². The summed E-state index contributed by atoms with van der Waals surface area (Å²) in [6.45, 7) is 7.63. The summed E-state index contributed by atoms with van der Waals surface area (Å²) in [6.07, 6.45) is 0.724. The number of benzene rings is 2. The van der Waals surface area contributed by atoms with Crippen molar-refractivity contribution in [1.82, 2.24) is 5.32 Å². The van der Waals surface area contributed by atoms with Crippen molar-refractivity contribution in [1.29, 1.82) is 0 Å². The zero-order valence-electron chi connectivity index (χ0n) is 17.8. The van der Waals surface area contributed by atoms with Crippen molar-refractivity contribution in [3.8, 4) is 11.5 Å². The molecule has 1 fully saturated rings. The van der Waals surface area contributed by atoms with Crippen LogP contribution in [0.3, 0.4) is 0 Å². The molecule has 7 nitrogen and oxygen atoms in total.